The van der Waals surface area contributed by atoms with Gasteiger partial charge in [0.2, 0.25) is 0 Å². The van der Waals surface area contributed by atoms with Crippen molar-refractivity contribution >= 4 is 17.6 Å². The molecule has 1 fully saturated rings. The molecule has 5 nitrogen and oxygen atoms in total. The van der Waals surface area contributed by atoms with Gasteiger partial charge in [-0.15, -0.1) is 0 Å². The van der Waals surface area contributed by atoms with Crippen molar-refractivity contribution in [1.29, 1.82) is 0 Å². The van der Waals surface area contributed by atoms with Gasteiger partial charge in [0, 0.05) is 28.5 Å². The fourth-order valence-electron chi connectivity index (χ4n) is 3.92. The van der Waals surface area contributed by atoms with Crippen LogP contribution in [-0.2, 0) is 14.3 Å². The fraction of sp³-hybridized carbons (Fsp3) is 0.250. The van der Waals surface area contributed by atoms with E-state index in [1.165, 1.54) is 0 Å². The monoisotopic (exact) mass is 478 g/mol. The van der Waals surface area contributed by atoms with Crippen molar-refractivity contribution in [3.8, 4) is 11.5 Å². The Morgan fingerprint density at radius 3 is 2.44 bits per heavy atom. The SMILES string of the molecule is O=C(CC/C=C\C[C@@H]1CO[C@H](c2ccccc2Cl)O[C@@H]1c1ccccc1O)Oc1ccccc1. The Labute approximate surface area is 204 Å². The summed E-state index contributed by atoms with van der Waals surface area (Å²) in [6.07, 6.45) is 4.53. The van der Waals surface area contributed by atoms with E-state index in [9.17, 15) is 9.90 Å². The number of hydrogen-bond donors (Lipinski definition) is 1. The first kappa shape index (κ1) is 24.0. The van der Waals surface area contributed by atoms with Crippen LogP contribution in [0.4, 0.5) is 0 Å². The molecule has 3 aromatic carbocycles. The first-order valence-electron chi connectivity index (χ1n) is 11.3. The van der Waals surface area contributed by atoms with Gasteiger partial charge in [0.15, 0.2) is 6.29 Å². The van der Waals surface area contributed by atoms with Crippen molar-refractivity contribution < 1.29 is 24.1 Å². The van der Waals surface area contributed by atoms with Crippen LogP contribution >= 0.6 is 11.6 Å². The van der Waals surface area contributed by atoms with Crippen LogP contribution in [0.3, 0.4) is 0 Å². The highest BCUT2D eigenvalue weighted by atomic mass is 35.5. The zero-order valence-electron chi connectivity index (χ0n) is 18.7. The molecule has 34 heavy (non-hydrogen) atoms. The molecule has 3 atom stereocenters. The Balaban J connectivity index is 1.37. The van der Waals surface area contributed by atoms with Crippen molar-refractivity contribution in [2.45, 2.75) is 31.7 Å². The largest absolute Gasteiger partial charge is 0.508 e. The number of carbonyl (C=O) groups is 1. The zero-order valence-corrected chi connectivity index (χ0v) is 19.4. The molecule has 0 saturated carbocycles. The number of aromatic hydroxyl groups is 1. The Hall–Kier alpha value is -3.12. The average Bonchev–Trinajstić information content (AvgIpc) is 2.85. The number of para-hydroxylation sites is 2. The van der Waals surface area contributed by atoms with E-state index in [-0.39, 0.29) is 23.7 Å². The molecule has 0 unspecified atom stereocenters. The second kappa shape index (κ2) is 11.8. The molecule has 1 N–H and O–H groups in total. The van der Waals surface area contributed by atoms with Crippen LogP contribution in [0.1, 0.15) is 42.8 Å². The second-order valence-electron chi connectivity index (χ2n) is 8.10. The molecule has 0 radical (unpaired) electrons. The molecule has 0 aliphatic carbocycles. The quantitative estimate of drug-likeness (QED) is 0.219. The lowest BCUT2D eigenvalue weighted by Crippen LogP contribution is -2.30. The van der Waals surface area contributed by atoms with Crippen LogP contribution in [0.2, 0.25) is 5.02 Å². The minimum Gasteiger partial charge on any atom is -0.508 e. The fourth-order valence-corrected chi connectivity index (χ4v) is 4.14. The van der Waals surface area contributed by atoms with E-state index in [1.54, 1.807) is 30.3 Å². The Kier molecular flexibility index (Phi) is 8.36. The van der Waals surface area contributed by atoms with Crippen molar-refractivity contribution in [2.75, 3.05) is 6.61 Å². The summed E-state index contributed by atoms with van der Waals surface area (Å²) in [5.41, 5.74) is 1.48. The first-order valence-corrected chi connectivity index (χ1v) is 11.7. The number of ether oxygens (including phenoxy) is 3. The summed E-state index contributed by atoms with van der Waals surface area (Å²) in [6.45, 7) is 0.440. The number of carbonyl (C=O) groups excluding carboxylic acids is 1. The van der Waals surface area contributed by atoms with Crippen LogP contribution in [0, 0.1) is 5.92 Å². The third-order valence-corrected chi connectivity index (χ3v) is 6.00. The molecule has 1 aliphatic heterocycles. The summed E-state index contributed by atoms with van der Waals surface area (Å²) < 4.78 is 17.6. The molecule has 0 bridgehead atoms. The zero-order chi connectivity index (χ0) is 23.8. The molecular weight excluding hydrogens is 452 g/mol. The number of halogens is 1. The van der Waals surface area contributed by atoms with Crippen molar-refractivity contribution in [2.24, 2.45) is 5.92 Å². The van der Waals surface area contributed by atoms with Crippen LogP contribution in [0.5, 0.6) is 11.5 Å². The molecule has 0 aromatic heterocycles. The van der Waals surface area contributed by atoms with Crippen molar-refractivity contribution in [3.63, 3.8) is 0 Å². The molecule has 6 heteroatoms. The van der Waals surface area contributed by atoms with E-state index in [1.807, 2.05) is 60.7 Å². The molecule has 0 spiro atoms. The van der Waals surface area contributed by atoms with Gasteiger partial charge in [-0.25, -0.2) is 0 Å². The topological polar surface area (TPSA) is 65.0 Å². The number of hydrogen-bond acceptors (Lipinski definition) is 5. The second-order valence-corrected chi connectivity index (χ2v) is 8.50. The highest BCUT2D eigenvalue weighted by Crippen LogP contribution is 2.43. The third-order valence-electron chi connectivity index (χ3n) is 5.66. The van der Waals surface area contributed by atoms with Gasteiger partial charge in [-0.05, 0) is 37.1 Å². The average molecular weight is 479 g/mol. The maximum Gasteiger partial charge on any atom is 0.311 e. The molecule has 176 valence electrons. The molecule has 1 aliphatic rings. The van der Waals surface area contributed by atoms with E-state index in [0.717, 1.165) is 5.56 Å². The van der Waals surface area contributed by atoms with Gasteiger partial charge in [0.25, 0.3) is 0 Å². The Morgan fingerprint density at radius 1 is 0.971 bits per heavy atom. The highest BCUT2D eigenvalue weighted by Gasteiger charge is 2.35. The number of allylic oxidation sites excluding steroid dienone is 2. The summed E-state index contributed by atoms with van der Waals surface area (Å²) in [5.74, 6) is 0.450. The minimum absolute atomic E-state index is 0.0143. The molecule has 4 rings (SSSR count). The predicted octanol–water partition coefficient (Wildman–Crippen LogP) is 6.78. The number of phenolic OH excluding ortho intramolecular Hbond substituents is 1. The van der Waals surface area contributed by atoms with Crippen LogP contribution in [0.15, 0.2) is 91.0 Å². The normalized spacial score (nSPS) is 20.3. The van der Waals surface area contributed by atoms with Gasteiger partial charge in [0.1, 0.15) is 11.5 Å². The van der Waals surface area contributed by atoms with Gasteiger partial charge >= 0.3 is 5.97 Å². The first-order chi connectivity index (χ1) is 16.6. The van der Waals surface area contributed by atoms with Crippen LogP contribution < -0.4 is 4.74 Å². The predicted molar refractivity (Wildman–Crippen MR) is 131 cm³/mol. The van der Waals surface area contributed by atoms with Crippen molar-refractivity contribution in [1.82, 2.24) is 0 Å². The molecule has 1 heterocycles. The summed E-state index contributed by atoms with van der Waals surface area (Å²) in [4.78, 5) is 12.0. The van der Waals surface area contributed by atoms with Crippen molar-refractivity contribution in [3.05, 3.63) is 107 Å². The summed E-state index contributed by atoms with van der Waals surface area (Å²) in [5, 5.41) is 11.0. The van der Waals surface area contributed by atoms with E-state index < -0.39 is 6.29 Å². The summed E-state index contributed by atoms with van der Waals surface area (Å²) in [7, 11) is 0. The van der Waals surface area contributed by atoms with Gasteiger partial charge in [-0.1, -0.05) is 78.4 Å². The number of esters is 1. The maximum atomic E-state index is 12.0. The summed E-state index contributed by atoms with van der Waals surface area (Å²) in [6, 6.07) is 23.7. The van der Waals surface area contributed by atoms with Crippen LogP contribution in [0.25, 0.3) is 0 Å². The lowest BCUT2D eigenvalue weighted by Gasteiger charge is -2.37. The lowest BCUT2D eigenvalue weighted by atomic mass is 9.91. The number of benzene rings is 3. The van der Waals surface area contributed by atoms with E-state index >= 15 is 0 Å². The van der Waals surface area contributed by atoms with Gasteiger partial charge in [-0.2, -0.15) is 0 Å². The van der Waals surface area contributed by atoms with E-state index in [2.05, 4.69) is 0 Å². The summed E-state index contributed by atoms with van der Waals surface area (Å²) >= 11 is 6.36. The Bertz CT molecular complexity index is 1110. The number of rotatable bonds is 8. The molecule has 1 saturated heterocycles. The van der Waals surface area contributed by atoms with Gasteiger partial charge in [-0.3, -0.25) is 4.79 Å². The standard InChI is InChI=1S/C28H27ClO5/c29-24-16-9-7-14-22(24)28-32-19-20(27(34-28)23-15-8-10-17-25(23)30)11-3-1-6-18-26(31)33-21-12-4-2-5-13-21/h1-5,7-10,12-17,20,27-28,30H,6,11,18-19H2/b3-1-/t20-,27+,28+/m1/s1. The number of phenols is 1. The van der Waals surface area contributed by atoms with E-state index in [0.29, 0.717) is 42.2 Å². The molecular formula is C28H27ClO5. The third kappa shape index (κ3) is 6.26. The minimum atomic E-state index is -0.619. The van der Waals surface area contributed by atoms with Gasteiger partial charge < -0.3 is 19.3 Å². The highest BCUT2D eigenvalue weighted by molar-refractivity contribution is 6.31. The molecule has 0 amide bonds. The maximum absolute atomic E-state index is 12.0. The van der Waals surface area contributed by atoms with Gasteiger partial charge in [0.05, 0.1) is 12.7 Å². The smallest absolute Gasteiger partial charge is 0.311 e. The van der Waals surface area contributed by atoms with E-state index in [4.69, 9.17) is 25.8 Å². The Morgan fingerprint density at radius 2 is 1.68 bits per heavy atom. The molecule has 3 aromatic rings. The van der Waals surface area contributed by atoms with Crippen LogP contribution in [-0.4, -0.2) is 17.7 Å². The lowest BCUT2D eigenvalue weighted by molar-refractivity contribution is -0.244.